The minimum absolute atomic E-state index is 0.635. The Morgan fingerprint density at radius 2 is 2.17 bits per heavy atom. The van der Waals surface area contributed by atoms with Crippen molar-refractivity contribution in [2.45, 2.75) is 6.42 Å². The summed E-state index contributed by atoms with van der Waals surface area (Å²) >= 11 is 3.27. The van der Waals surface area contributed by atoms with Gasteiger partial charge in [0, 0.05) is 12.4 Å². The van der Waals surface area contributed by atoms with Crippen LogP contribution in [0.3, 0.4) is 0 Å². The first-order valence-electron chi connectivity index (χ1n) is 3.74. The van der Waals surface area contributed by atoms with E-state index in [4.69, 9.17) is 4.84 Å². The van der Waals surface area contributed by atoms with E-state index in [1.807, 2.05) is 0 Å². The molecule has 64 valence electrons. The van der Waals surface area contributed by atoms with Crippen LogP contribution in [0.25, 0.3) is 0 Å². The fourth-order valence-corrected chi connectivity index (χ4v) is 1.24. The molecule has 1 aromatic heterocycles. The Labute approximate surface area is 78.7 Å². The second-order valence-corrected chi connectivity index (χ2v) is 3.41. The fourth-order valence-electron chi connectivity index (χ4n) is 1.04. The zero-order chi connectivity index (χ0) is 8.39. The molecule has 1 aromatic rings. The second-order valence-electron chi connectivity index (χ2n) is 2.49. The van der Waals surface area contributed by atoms with E-state index in [0.717, 1.165) is 24.0 Å². The molecule has 0 unspecified atom stereocenters. The highest BCUT2D eigenvalue weighted by molar-refractivity contribution is 9.10. The summed E-state index contributed by atoms with van der Waals surface area (Å²) in [7, 11) is 0. The lowest BCUT2D eigenvalue weighted by Crippen LogP contribution is -2.18. The third kappa shape index (κ3) is 1.56. The molecule has 0 amide bonds. The molecule has 1 fully saturated rings. The first-order chi connectivity index (χ1) is 5.86. The molecule has 4 nitrogen and oxygen atoms in total. The molecular formula is C7H8BrN3O. The van der Waals surface area contributed by atoms with Crippen molar-refractivity contribution in [2.75, 3.05) is 18.2 Å². The molecular weight excluding hydrogens is 222 g/mol. The minimum Gasteiger partial charge on any atom is -0.271 e. The van der Waals surface area contributed by atoms with Crippen LogP contribution in [0.2, 0.25) is 0 Å². The molecule has 0 radical (unpaired) electrons. The number of rotatable bonds is 1. The Hall–Kier alpha value is -0.680. The van der Waals surface area contributed by atoms with Crippen LogP contribution in [-0.4, -0.2) is 23.1 Å². The number of aromatic nitrogens is 2. The number of halogens is 1. The minimum atomic E-state index is 0.635. The summed E-state index contributed by atoms with van der Waals surface area (Å²) in [5.74, 6) is 0.635. The summed E-state index contributed by atoms with van der Waals surface area (Å²) in [5.41, 5.74) is 0. The van der Waals surface area contributed by atoms with E-state index in [0.29, 0.717) is 5.95 Å². The molecule has 0 bridgehead atoms. The summed E-state index contributed by atoms with van der Waals surface area (Å²) in [5, 5.41) is 1.71. The topological polar surface area (TPSA) is 38.2 Å². The molecule has 0 N–H and O–H groups in total. The standard InChI is InChI=1S/C7H8BrN3O/c8-6-4-9-7(10-5-6)11-2-1-3-12-11/h4-5H,1-3H2. The van der Waals surface area contributed by atoms with Crippen LogP contribution in [0.15, 0.2) is 16.9 Å². The first-order valence-corrected chi connectivity index (χ1v) is 4.53. The van der Waals surface area contributed by atoms with Crippen molar-refractivity contribution >= 4 is 21.9 Å². The molecule has 1 aliphatic rings. The highest BCUT2D eigenvalue weighted by atomic mass is 79.9. The molecule has 0 spiro atoms. The lowest BCUT2D eigenvalue weighted by atomic mass is 10.5. The van der Waals surface area contributed by atoms with Gasteiger partial charge in [0.2, 0.25) is 5.95 Å². The van der Waals surface area contributed by atoms with Gasteiger partial charge in [-0.3, -0.25) is 4.84 Å². The van der Waals surface area contributed by atoms with Gasteiger partial charge in [-0.25, -0.2) is 15.0 Å². The molecule has 0 aromatic carbocycles. The molecule has 0 atom stereocenters. The highest BCUT2D eigenvalue weighted by Crippen LogP contribution is 2.14. The van der Waals surface area contributed by atoms with Gasteiger partial charge < -0.3 is 0 Å². The van der Waals surface area contributed by atoms with Gasteiger partial charge >= 0.3 is 0 Å². The van der Waals surface area contributed by atoms with Crippen molar-refractivity contribution in [3.8, 4) is 0 Å². The zero-order valence-electron chi connectivity index (χ0n) is 6.40. The van der Waals surface area contributed by atoms with Crippen LogP contribution in [0, 0.1) is 0 Å². The van der Waals surface area contributed by atoms with Gasteiger partial charge in [-0.2, -0.15) is 0 Å². The van der Waals surface area contributed by atoms with Gasteiger partial charge in [0.1, 0.15) is 0 Å². The van der Waals surface area contributed by atoms with Crippen molar-refractivity contribution in [1.29, 1.82) is 0 Å². The van der Waals surface area contributed by atoms with E-state index >= 15 is 0 Å². The predicted molar refractivity (Wildman–Crippen MR) is 47.6 cm³/mol. The van der Waals surface area contributed by atoms with Crippen LogP contribution in [-0.2, 0) is 4.84 Å². The highest BCUT2D eigenvalue weighted by Gasteiger charge is 2.15. The summed E-state index contributed by atoms with van der Waals surface area (Å²) < 4.78 is 0.880. The Bertz CT molecular complexity index is 258. The maximum Gasteiger partial charge on any atom is 0.249 e. The smallest absolute Gasteiger partial charge is 0.249 e. The normalized spacial score (nSPS) is 16.9. The van der Waals surface area contributed by atoms with E-state index in [1.165, 1.54) is 0 Å². The van der Waals surface area contributed by atoms with Crippen molar-refractivity contribution in [2.24, 2.45) is 0 Å². The first kappa shape index (κ1) is 7.94. The Kier molecular flexibility index (Phi) is 2.23. The maximum atomic E-state index is 5.27. The van der Waals surface area contributed by atoms with Crippen molar-refractivity contribution in [3.63, 3.8) is 0 Å². The molecule has 2 heterocycles. The molecule has 0 aliphatic carbocycles. The Morgan fingerprint density at radius 1 is 1.42 bits per heavy atom. The van der Waals surface area contributed by atoms with Crippen LogP contribution in [0.1, 0.15) is 6.42 Å². The summed E-state index contributed by atoms with van der Waals surface area (Å²) in [6.07, 6.45) is 4.47. The Morgan fingerprint density at radius 3 is 2.75 bits per heavy atom. The van der Waals surface area contributed by atoms with Crippen LogP contribution < -0.4 is 5.06 Å². The van der Waals surface area contributed by atoms with E-state index in [9.17, 15) is 0 Å². The number of anilines is 1. The summed E-state index contributed by atoms with van der Waals surface area (Å²) in [6, 6.07) is 0. The van der Waals surface area contributed by atoms with Crippen LogP contribution in [0.4, 0.5) is 5.95 Å². The van der Waals surface area contributed by atoms with E-state index in [-0.39, 0.29) is 0 Å². The lowest BCUT2D eigenvalue weighted by molar-refractivity contribution is 0.164. The van der Waals surface area contributed by atoms with Gasteiger partial charge in [0.05, 0.1) is 17.6 Å². The van der Waals surface area contributed by atoms with E-state index < -0.39 is 0 Å². The number of hydrogen-bond acceptors (Lipinski definition) is 4. The van der Waals surface area contributed by atoms with Crippen molar-refractivity contribution in [1.82, 2.24) is 9.97 Å². The molecule has 1 saturated heterocycles. The van der Waals surface area contributed by atoms with Crippen LogP contribution >= 0.6 is 15.9 Å². The fraction of sp³-hybridized carbons (Fsp3) is 0.429. The average molecular weight is 230 g/mol. The number of hydrogen-bond donors (Lipinski definition) is 0. The lowest BCUT2D eigenvalue weighted by Gasteiger charge is -2.12. The third-order valence-electron chi connectivity index (χ3n) is 1.58. The number of nitrogens with zero attached hydrogens (tertiary/aromatic N) is 3. The van der Waals surface area contributed by atoms with Gasteiger partial charge in [-0.15, -0.1) is 0 Å². The Balaban J connectivity index is 2.17. The molecule has 2 rings (SSSR count). The third-order valence-corrected chi connectivity index (χ3v) is 1.99. The molecule has 12 heavy (non-hydrogen) atoms. The van der Waals surface area contributed by atoms with Crippen LogP contribution in [0.5, 0.6) is 0 Å². The molecule has 5 heteroatoms. The number of hydroxylamine groups is 1. The second kappa shape index (κ2) is 3.37. The molecule has 0 saturated carbocycles. The van der Waals surface area contributed by atoms with Gasteiger partial charge in [-0.1, -0.05) is 0 Å². The van der Waals surface area contributed by atoms with E-state index in [1.54, 1.807) is 17.5 Å². The summed E-state index contributed by atoms with van der Waals surface area (Å²) in [4.78, 5) is 13.5. The van der Waals surface area contributed by atoms with Gasteiger partial charge in [0.15, 0.2) is 0 Å². The maximum absolute atomic E-state index is 5.27. The summed E-state index contributed by atoms with van der Waals surface area (Å²) in [6.45, 7) is 1.64. The van der Waals surface area contributed by atoms with Crippen molar-refractivity contribution < 1.29 is 4.84 Å². The largest absolute Gasteiger partial charge is 0.271 e. The molecule has 1 aliphatic heterocycles. The van der Waals surface area contributed by atoms with Gasteiger partial charge in [0.25, 0.3) is 0 Å². The monoisotopic (exact) mass is 229 g/mol. The van der Waals surface area contributed by atoms with Crippen molar-refractivity contribution in [3.05, 3.63) is 16.9 Å². The zero-order valence-corrected chi connectivity index (χ0v) is 7.99. The predicted octanol–water partition coefficient (Wildman–Crippen LogP) is 1.38. The SMILES string of the molecule is Brc1cnc(N2CCCO2)nc1. The average Bonchev–Trinajstić information content (AvgIpc) is 2.58. The van der Waals surface area contributed by atoms with E-state index in [2.05, 4.69) is 25.9 Å². The quantitative estimate of drug-likeness (QED) is 0.730. The van der Waals surface area contributed by atoms with Gasteiger partial charge in [-0.05, 0) is 22.4 Å².